The van der Waals surface area contributed by atoms with Crippen molar-refractivity contribution in [3.63, 3.8) is 0 Å². The Bertz CT molecular complexity index is 1610. The third-order valence-electron chi connectivity index (χ3n) is 6.91. The van der Waals surface area contributed by atoms with Crippen LogP contribution in [0.15, 0.2) is 77.2 Å². The van der Waals surface area contributed by atoms with Crippen molar-refractivity contribution < 1.29 is 32.8 Å². The van der Waals surface area contributed by atoms with Crippen LogP contribution in [0.3, 0.4) is 0 Å². The largest absolute Gasteiger partial charge is 0.497 e. The van der Waals surface area contributed by atoms with Crippen molar-refractivity contribution >= 4 is 16.7 Å². The van der Waals surface area contributed by atoms with Crippen LogP contribution >= 0.6 is 0 Å². The van der Waals surface area contributed by atoms with E-state index in [1.807, 2.05) is 66.7 Å². The third kappa shape index (κ3) is 5.54. The van der Waals surface area contributed by atoms with Gasteiger partial charge in [-0.1, -0.05) is 6.07 Å². The Balaban J connectivity index is 1.59. The van der Waals surface area contributed by atoms with Gasteiger partial charge in [0.25, 0.3) is 0 Å². The Morgan fingerprint density at radius 2 is 1.22 bits per heavy atom. The van der Waals surface area contributed by atoms with Crippen molar-refractivity contribution in [3.8, 4) is 56.9 Å². The summed E-state index contributed by atoms with van der Waals surface area (Å²) < 4.78 is 39.5. The van der Waals surface area contributed by atoms with Crippen LogP contribution in [0.1, 0.15) is 5.56 Å². The number of nitrogens with one attached hydrogen (secondary N) is 1. The maximum absolute atomic E-state index is 6.47. The Morgan fingerprint density at radius 3 is 1.78 bits per heavy atom. The number of furan rings is 1. The van der Waals surface area contributed by atoms with Crippen LogP contribution in [0.2, 0.25) is 0 Å². The monoisotopic (exact) mass is 555 g/mol. The van der Waals surface area contributed by atoms with Crippen LogP contribution in [0.4, 0.5) is 5.69 Å². The molecule has 8 heteroatoms. The van der Waals surface area contributed by atoms with Crippen LogP contribution in [-0.2, 0) is 6.54 Å². The highest BCUT2D eigenvalue weighted by atomic mass is 16.5. The topological polar surface area (TPSA) is 80.6 Å². The molecular weight excluding hydrogens is 522 g/mol. The van der Waals surface area contributed by atoms with Crippen molar-refractivity contribution in [1.29, 1.82) is 0 Å². The van der Waals surface area contributed by atoms with E-state index in [1.54, 1.807) is 42.7 Å². The molecule has 5 rings (SSSR count). The standard InChI is InChI=1S/C33H33NO7/c1-35-24-10-8-21(9-11-24)32-31(22-14-25(36-2)18-26(15-22)37-3)27-13-20(7-12-28(27)41-32)19-34-23-16-29(38-4)33(40-6)30(17-23)39-5/h7-18,34H,19H2,1-6H3. The first-order valence-electron chi connectivity index (χ1n) is 13.0. The minimum atomic E-state index is 0.546. The van der Waals surface area contributed by atoms with Gasteiger partial charge in [-0.2, -0.15) is 0 Å². The molecule has 212 valence electrons. The zero-order chi connectivity index (χ0) is 28.9. The first-order valence-corrected chi connectivity index (χ1v) is 13.0. The van der Waals surface area contributed by atoms with Gasteiger partial charge in [0.05, 0.1) is 42.7 Å². The first kappa shape index (κ1) is 27.6. The summed E-state index contributed by atoms with van der Waals surface area (Å²) in [6, 6.07) is 23.6. The second-order valence-electron chi connectivity index (χ2n) is 9.23. The van der Waals surface area contributed by atoms with Crippen LogP contribution in [0.25, 0.3) is 33.4 Å². The van der Waals surface area contributed by atoms with E-state index in [0.29, 0.717) is 35.3 Å². The second kappa shape index (κ2) is 12.0. The average Bonchev–Trinajstić information content (AvgIpc) is 3.41. The highest BCUT2D eigenvalue weighted by Gasteiger charge is 2.20. The van der Waals surface area contributed by atoms with Gasteiger partial charge in [-0.05, 0) is 59.7 Å². The molecule has 0 radical (unpaired) electrons. The maximum atomic E-state index is 6.47. The minimum absolute atomic E-state index is 0.546. The molecule has 1 N–H and O–H groups in total. The zero-order valence-corrected chi connectivity index (χ0v) is 24.0. The van der Waals surface area contributed by atoms with Gasteiger partial charge in [-0.15, -0.1) is 0 Å². The van der Waals surface area contributed by atoms with Gasteiger partial charge in [0.2, 0.25) is 5.75 Å². The van der Waals surface area contributed by atoms with E-state index in [9.17, 15) is 0 Å². The lowest BCUT2D eigenvalue weighted by molar-refractivity contribution is 0.324. The molecule has 0 atom stereocenters. The molecule has 0 bridgehead atoms. The molecule has 1 heterocycles. The Kier molecular flexibility index (Phi) is 8.10. The summed E-state index contributed by atoms with van der Waals surface area (Å²) in [6.07, 6.45) is 0. The van der Waals surface area contributed by atoms with Crippen LogP contribution in [0.5, 0.6) is 34.5 Å². The second-order valence-corrected chi connectivity index (χ2v) is 9.23. The fourth-order valence-corrected chi connectivity index (χ4v) is 4.83. The predicted octanol–water partition coefficient (Wildman–Crippen LogP) is 7.43. The number of ether oxygens (including phenoxy) is 6. The highest BCUT2D eigenvalue weighted by Crippen LogP contribution is 2.44. The number of rotatable bonds is 11. The van der Waals surface area contributed by atoms with Crippen LogP contribution in [0, 0.1) is 0 Å². The number of hydrogen-bond donors (Lipinski definition) is 1. The summed E-state index contributed by atoms with van der Waals surface area (Å²) in [5.41, 5.74) is 5.45. The first-order chi connectivity index (χ1) is 20.0. The van der Waals surface area contributed by atoms with E-state index >= 15 is 0 Å². The lowest BCUT2D eigenvalue weighted by Crippen LogP contribution is -2.02. The van der Waals surface area contributed by atoms with Gasteiger partial charge in [0, 0.05) is 46.9 Å². The number of hydrogen-bond acceptors (Lipinski definition) is 8. The van der Waals surface area contributed by atoms with E-state index in [0.717, 1.165) is 50.4 Å². The normalized spacial score (nSPS) is 10.8. The third-order valence-corrected chi connectivity index (χ3v) is 6.91. The minimum Gasteiger partial charge on any atom is -0.497 e. The molecule has 0 unspecified atom stereocenters. The molecule has 0 spiro atoms. The molecule has 0 fully saturated rings. The van der Waals surface area contributed by atoms with Gasteiger partial charge >= 0.3 is 0 Å². The lowest BCUT2D eigenvalue weighted by Gasteiger charge is -2.15. The molecule has 1 aromatic heterocycles. The molecule has 41 heavy (non-hydrogen) atoms. The summed E-state index contributed by atoms with van der Waals surface area (Å²) in [4.78, 5) is 0. The van der Waals surface area contributed by atoms with Crippen molar-refractivity contribution in [1.82, 2.24) is 0 Å². The Morgan fingerprint density at radius 1 is 0.585 bits per heavy atom. The summed E-state index contributed by atoms with van der Waals surface area (Å²) in [6.45, 7) is 0.554. The summed E-state index contributed by atoms with van der Waals surface area (Å²) >= 11 is 0. The van der Waals surface area contributed by atoms with Gasteiger partial charge in [-0.3, -0.25) is 0 Å². The molecule has 4 aromatic carbocycles. The molecule has 0 saturated heterocycles. The Labute approximate surface area is 239 Å². The fraction of sp³-hybridized carbons (Fsp3) is 0.212. The van der Waals surface area contributed by atoms with Gasteiger partial charge < -0.3 is 38.2 Å². The van der Waals surface area contributed by atoms with Gasteiger partial charge in [0.1, 0.15) is 28.6 Å². The van der Waals surface area contributed by atoms with E-state index in [1.165, 1.54) is 0 Å². The van der Waals surface area contributed by atoms with Crippen LogP contribution in [-0.4, -0.2) is 42.7 Å². The molecule has 0 amide bonds. The van der Waals surface area contributed by atoms with Gasteiger partial charge in [-0.25, -0.2) is 0 Å². The Hall–Kier alpha value is -4.98. The van der Waals surface area contributed by atoms with E-state index < -0.39 is 0 Å². The van der Waals surface area contributed by atoms with Crippen molar-refractivity contribution in [3.05, 3.63) is 78.4 Å². The molecule has 0 aliphatic rings. The number of methoxy groups -OCH3 is 6. The number of benzene rings is 4. The predicted molar refractivity (Wildman–Crippen MR) is 160 cm³/mol. The van der Waals surface area contributed by atoms with Gasteiger partial charge in [0.15, 0.2) is 11.5 Å². The average molecular weight is 556 g/mol. The van der Waals surface area contributed by atoms with E-state index in [4.69, 9.17) is 32.8 Å². The van der Waals surface area contributed by atoms with Crippen molar-refractivity contribution in [2.75, 3.05) is 48.0 Å². The SMILES string of the molecule is COc1ccc(-c2oc3ccc(CNc4cc(OC)c(OC)c(OC)c4)cc3c2-c2cc(OC)cc(OC)c2)cc1. The number of anilines is 1. The van der Waals surface area contributed by atoms with E-state index in [2.05, 4.69) is 11.4 Å². The van der Waals surface area contributed by atoms with Crippen LogP contribution < -0.4 is 33.7 Å². The smallest absolute Gasteiger partial charge is 0.203 e. The quantitative estimate of drug-likeness (QED) is 0.180. The van der Waals surface area contributed by atoms with Crippen molar-refractivity contribution in [2.24, 2.45) is 0 Å². The fourth-order valence-electron chi connectivity index (χ4n) is 4.83. The maximum Gasteiger partial charge on any atom is 0.203 e. The molecule has 0 aliphatic heterocycles. The molecule has 0 saturated carbocycles. The molecule has 0 aliphatic carbocycles. The summed E-state index contributed by atoms with van der Waals surface area (Å²) in [5, 5.41) is 4.44. The lowest BCUT2D eigenvalue weighted by atomic mass is 9.97. The molecular formula is C33H33NO7. The molecule has 5 aromatic rings. The number of fused-ring (bicyclic) bond motifs is 1. The van der Waals surface area contributed by atoms with E-state index in [-0.39, 0.29) is 0 Å². The highest BCUT2D eigenvalue weighted by molar-refractivity contribution is 6.02. The summed E-state index contributed by atoms with van der Waals surface area (Å²) in [7, 11) is 9.72. The van der Waals surface area contributed by atoms with Crippen molar-refractivity contribution in [2.45, 2.75) is 6.54 Å². The summed E-state index contributed by atoms with van der Waals surface area (Å²) in [5.74, 6) is 4.60. The zero-order valence-electron chi connectivity index (χ0n) is 24.0. The molecule has 8 nitrogen and oxygen atoms in total.